The number of thioether (sulfide) groups is 1. The van der Waals surface area contributed by atoms with Crippen LogP contribution in [0.5, 0.6) is 0 Å². The van der Waals surface area contributed by atoms with Crippen molar-refractivity contribution in [3.05, 3.63) is 40.9 Å². The highest BCUT2D eigenvalue weighted by atomic mass is 35.5. The Morgan fingerprint density at radius 2 is 2.25 bits per heavy atom. The summed E-state index contributed by atoms with van der Waals surface area (Å²) in [4.78, 5) is 11.8. The zero-order valence-corrected chi connectivity index (χ0v) is 13.5. The van der Waals surface area contributed by atoms with Gasteiger partial charge in [0.05, 0.1) is 5.60 Å². The molecule has 20 heavy (non-hydrogen) atoms. The molecule has 0 radical (unpaired) electrons. The Balaban J connectivity index is 2.63. The molecule has 1 atom stereocenters. The van der Waals surface area contributed by atoms with Crippen LogP contribution in [0.1, 0.15) is 19.4 Å². The van der Waals surface area contributed by atoms with Crippen molar-refractivity contribution in [1.82, 2.24) is 5.32 Å². The molecular formula is C15H20ClNO2S. The third-order valence-electron chi connectivity index (χ3n) is 2.73. The summed E-state index contributed by atoms with van der Waals surface area (Å²) in [5, 5.41) is 13.3. The maximum atomic E-state index is 11.8. The summed E-state index contributed by atoms with van der Waals surface area (Å²) in [6.07, 6.45) is 3.43. The van der Waals surface area contributed by atoms with Crippen molar-refractivity contribution in [2.24, 2.45) is 0 Å². The Bertz CT molecular complexity index is 500. The molecule has 0 bridgehead atoms. The number of benzene rings is 1. The van der Waals surface area contributed by atoms with Crippen LogP contribution in [0.2, 0.25) is 5.02 Å². The molecule has 0 aliphatic rings. The second-order valence-corrected chi connectivity index (χ2v) is 6.29. The Kier molecular flexibility index (Phi) is 6.59. The van der Waals surface area contributed by atoms with Crippen LogP contribution in [0.3, 0.4) is 0 Å². The van der Waals surface area contributed by atoms with Crippen molar-refractivity contribution in [3.8, 4) is 0 Å². The molecule has 1 aromatic carbocycles. The van der Waals surface area contributed by atoms with Crippen LogP contribution in [-0.2, 0) is 4.79 Å². The normalized spacial score (nSPS) is 14.8. The number of carbonyl (C=O) groups excluding carboxylic acids is 1. The van der Waals surface area contributed by atoms with Gasteiger partial charge in [-0.3, -0.25) is 4.79 Å². The Morgan fingerprint density at radius 3 is 2.85 bits per heavy atom. The van der Waals surface area contributed by atoms with Gasteiger partial charge in [-0.1, -0.05) is 23.7 Å². The van der Waals surface area contributed by atoms with Crippen LogP contribution in [0.25, 0.3) is 5.57 Å². The molecule has 0 heterocycles. The minimum Gasteiger partial charge on any atom is -0.387 e. The van der Waals surface area contributed by atoms with E-state index in [0.717, 1.165) is 11.1 Å². The molecule has 0 aromatic heterocycles. The van der Waals surface area contributed by atoms with E-state index in [1.807, 2.05) is 31.4 Å². The van der Waals surface area contributed by atoms with Crippen LogP contribution in [0.4, 0.5) is 0 Å². The van der Waals surface area contributed by atoms with Crippen LogP contribution in [0, 0.1) is 0 Å². The van der Waals surface area contributed by atoms with E-state index in [2.05, 4.69) is 5.32 Å². The maximum Gasteiger partial charge on any atom is 0.244 e. The zero-order chi connectivity index (χ0) is 15.2. The molecule has 0 saturated carbocycles. The summed E-state index contributed by atoms with van der Waals surface area (Å²) < 4.78 is 0. The topological polar surface area (TPSA) is 49.3 Å². The molecule has 0 spiro atoms. The first kappa shape index (κ1) is 17.1. The highest BCUT2D eigenvalue weighted by Crippen LogP contribution is 2.18. The van der Waals surface area contributed by atoms with E-state index >= 15 is 0 Å². The first-order chi connectivity index (χ1) is 9.34. The number of hydrogen-bond acceptors (Lipinski definition) is 3. The van der Waals surface area contributed by atoms with Gasteiger partial charge < -0.3 is 10.4 Å². The van der Waals surface area contributed by atoms with Crippen molar-refractivity contribution < 1.29 is 9.90 Å². The zero-order valence-electron chi connectivity index (χ0n) is 11.9. The minimum atomic E-state index is -0.896. The molecule has 1 rings (SSSR count). The second kappa shape index (κ2) is 7.72. The van der Waals surface area contributed by atoms with E-state index < -0.39 is 5.60 Å². The molecule has 0 aliphatic heterocycles. The Morgan fingerprint density at radius 1 is 1.55 bits per heavy atom. The van der Waals surface area contributed by atoms with Crippen molar-refractivity contribution >= 4 is 34.8 Å². The van der Waals surface area contributed by atoms with Gasteiger partial charge >= 0.3 is 0 Å². The fourth-order valence-electron chi connectivity index (χ4n) is 1.70. The lowest BCUT2D eigenvalue weighted by molar-refractivity contribution is -0.117. The fraction of sp³-hybridized carbons (Fsp3) is 0.400. The highest BCUT2D eigenvalue weighted by Gasteiger charge is 2.19. The van der Waals surface area contributed by atoms with Gasteiger partial charge in [0.25, 0.3) is 0 Å². The number of rotatable bonds is 6. The number of carbonyl (C=O) groups is 1. The average Bonchev–Trinajstić information content (AvgIpc) is 2.36. The maximum absolute atomic E-state index is 11.8. The SMILES string of the molecule is CSCC(C)(O)CNC(=O)C=C(C)c1cccc(Cl)c1. The van der Waals surface area contributed by atoms with E-state index in [0.29, 0.717) is 10.8 Å². The van der Waals surface area contributed by atoms with Crippen molar-refractivity contribution in [2.45, 2.75) is 19.4 Å². The van der Waals surface area contributed by atoms with Gasteiger partial charge in [-0.15, -0.1) is 0 Å². The number of aliphatic hydroxyl groups is 1. The number of hydrogen-bond donors (Lipinski definition) is 2. The van der Waals surface area contributed by atoms with Gasteiger partial charge in [0.1, 0.15) is 0 Å². The van der Waals surface area contributed by atoms with Crippen LogP contribution in [-0.4, -0.2) is 35.2 Å². The van der Waals surface area contributed by atoms with Crippen LogP contribution < -0.4 is 5.32 Å². The molecule has 0 aliphatic carbocycles. The third kappa shape index (κ3) is 5.99. The standard InChI is InChI=1S/C15H20ClNO2S/c1-11(12-5-4-6-13(16)8-12)7-14(18)17-9-15(2,19)10-20-3/h4-8,19H,9-10H2,1-3H3,(H,17,18). The largest absolute Gasteiger partial charge is 0.387 e. The van der Waals surface area contributed by atoms with E-state index in [1.165, 1.54) is 6.08 Å². The summed E-state index contributed by atoms with van der Waals surface area (Å²) in [7, 11) is 0. The first-order valence-electron chi connectivity index (χ1n) is 6.27. The lowest BCUT2D eigenvalue weighted by atomic mass is 10.1. The van der Waals surface area contributed by atoms with Gasteiger partial charge in [-0.25, -0.2) is 0 Å². The quantitative estimate of drug-likeness (QED) is 0.794. The van der Waals surface area contributed by atoms with E-state index in [4.69, 9.17) is 11.6 Å². The fourth-order valence-corrected chi connectivity index (χ4v) is 2.62. The third-order valence-corrected chi connectivity index (χ3v) is 3.87. The van der Waals surface area contributed by atoms with Gasteiger partial charge in [0.2, 0.25) is 5.91 Å². The number of amides is 1. The van der Waals surface area contributed by atoms with Crippen molar-refractivity contribution in [3.63, 3.8) is 0 Å². The Labute approximate surface area is 129 Å². The monoisotopic (exact) mass is 313 g/mol. The highest BCUT2D eigenvalue weighted by molar-refractivity contribution is 7.98. The lowest BCUT2D eigenvalue weighted by Gasteiger charge is -2.22. The summed E-state index contributed by atoms with van der Waals surface area (Å²) in [6, 6.07) is 7.34. The van der Waals surface area contributed by atoms with Crippen molar-refractivity contribution in [1.29, 1.82) is 0 Å². The molecule has 110 valence electrons. The predicted octanol–water partition coefficient (Wildman–Crippen LogP) is 2.97. The van der Waals surface area contributed by atoms with Gasteiger partial charge in [-0.2, -0.15) is 11.8 Å². The summed E-state index contributed by atoms with van der Waals surface area (Å²) >= 11 is 7.46. The smallest absolute Gasteiger partial charge is 0.244 e. The molecule has 0 fully saturated rings. The number of halogens is 1. The second-order valence-electron chi connectivity index (χ2n) is 4.99. The number of nitrogens with one attached hydrogen (secondary N) is 1. The van der Waals surface area contributed by atoms with Gasteiger partial charge in [0, 0.05) is 23.4 Å². The molecule has 2 N–H and O–H groups in total. The average molecular weight is 314 g/mol. The van der Waals surface area contributed by atoms with Crippen LogP contribution >= 0.6 is 23.4 Å². The van der Waals surface area contributed by atoms with E-state index in [1.54, 1.807) is 24.8 Å². The van der Waals surface area contributed by atoms with Crippen LogP contribution in [0.15, 0.2) is 30.3 Å². The van der Waals surface area contributed by atoms with Crippen molar-refractivity contribution in [2.75, 3.05) is 18.6 Å². The molecule has 0 saturated heterocycles. The first-order valence-corrected chi connectivity index (χ1v) is 8.04. The lowest BCUT2D eigenvalue weighted by Crippen LogP contribution is -2.42. The number of allylic oxidation sites excluding steroid dienone is 1. The summed E-state index contributed by atoms with van der Waals surface area (Å²) in [6.45, 7) is 3.79. The van der Waals surface area contributed by atoms with Gasteiger partial charge in [0.15, 0.2) is 0 Å². The minimum absolute atomic E-state index is 0.219. The van der Waals surface area contributed by atoms with E-state index in [-0.39, 0.29) is 12.5 Å². The molecule has 1 unspecified atom stereocenters. The molecule has 1 aromatic rings. The molecule has 3 nitrogen and oxygen atoms in total. The molecule has 1 amide bonds. The summed E-state index contributed by atoms with van der Waals surface area (Å²) in [5.74, 6) is 0.355. The molecule has 5 heteroatoms. The molecular weight excluding hydrogens is 294 g/mol. The van der Waals surface area contributed by atoms with Gasteiger partial charge in [-0.05, 0) is 43.4 Å². The predicted molar refractivity (Wildman–Crippen MR) is 87.1 cm³/mol. The summed E-state index contributed by atoms with van der Waals surface area (Å²) in [5.41, 5.74) is 0.838. The van der Waals surface area contributed by atoms with E-state index in [9.17, 15) is 9.90 Å². The Hall–Kier alpha value is -0.970.